The third-order valence-corrected chi connectivity index (χ3v) is 1.64. The molecule has 0 bridgehead atoms. The molecule has 66 valence electrons. The highest BCUT2D eigenvalue weighted by Crippen LogP contribution is 2.15. The van der Waals surface area contributed by atoms with Crippen LogP contribution in [0.4, 0.5) is 0 Å². The lowest BCUT2D eigenvalue weighted by molar-refractivity contribution is -0.141. The van der Waals surface area contributed by atoms with E-state index >= 15 is 0 Å². The molecular weight excluding hydrogens is 166 g/mol. The second-order valence-electron chi connectivity index (χ2n) is 2.57. The zero-order chi connectivity index (χ0) is 9.68. The van der Waals surface area contributed by atoms with Crippen molar-refractivity contribution in [2.45, 2.75) is 13.0 Å². The molecule has 0 N–H and O–H groups in total. The van der Waals surface area contributed by atoms with Crippen molar-refractivity contribution in [1.29, 1.82) is 5.26 Å². The highest BCUT2D eigenvalue weighted by Gasteiger charge is 2.09. The van der Waals surface area contributed by atoms with Crippen LogP contribution in [-0.4, -0.2) is 5.97 Å². The van der Waals surface area contributed by atoms with Crippen molar-refractivity contribution in [1.82, 2.24) is 0 Å². The molecule has 3 heteroatoms. The minimum absolute atomic E-state index is 0.367. The fraction of sp³-hybridized carbons (Fsp3) is 0.200. The first-order chi connectivity index (χ1) is 6.24. The van der Waals surface area contributed by atoms with E-state index in [4.69, 9.17) is 10.00 Å². The van der Waals surface area contributed by atoms with Crippen molar-refractivity contribution in [3.05, 3.63) is 35.9 Å². The van der Waals surface area contributed by atoms with E-state index in [2.05, 4.69) is 0 Å². The van der Waals surface area contributed by atoms with Gasteiger partial charge in [0.1, 0.15) is 6.10 Å². The molecule has 0 aliphatic carbocycles. The van der Waals surface area contributed by atoms with E-state index in [1.807, 2.05) is 30.3 Å². The van der Waals surface area contributed by atoms with Crippen LogP contribution in [0.25, 0.3) is 0 Å². The van der Waals surface area contributed by atoms with E-state index in [1.54, 1.807) is 6.92 Å². The van der Waals surface area contributed by atoms with E-state index in [9.17, 15) is 4.79 Å². The number of benzene rings is 1. The Morgan fingerprint density at radius 2 is 2.08 bits per heavy atom. The van der Waals surface area contributed by atoms with Gasteiger partial charge in [-0.05, 0) is 12.5 Å². The SMILES string of the molecule is C[C@H](OC(=O)C#N)c1ccccc1. The van der Waals surface area contributed by atoms with Crippen LogP contribution >= 0.6 is 0 Å². The standard InChI is InChI=1S/C10H9NO2/c1-8(13-10(12)7-11)9-5-3-2-4-6-9/h2-6,8H,1H3/t8-/m0/s1. The Balaban J connectivity index is 2.65. The summed E-state index contributed by atoms with van der Waals surface area (Å²) in [5.74, 6) is -0.851. The average Bonchev–Trinajstić information content (AvgIpc) is 2.19. The summed E-state index contributed by atoms with van der Waals surface area (Å²) in [6.45, 7) is 1.73. The molecule has 0 unspecified atom stereocenters. The normalized spacial score (nSPS) is 11.4. The quantitative estimate of drug-likeness (QED) is 0.508. The highest BCUT2D eigenvalue weighted by atomic mass is 16.5. The molecule has 0 saturated carbocycles. The van der Waals surface area contributed by atoms with E-state index in [0.29, 0.717) is 0 Å². The molecule has 0 saturated heterocycles. The van der Waals surface area contributed by atoms with Gasteiger partial charge in [-0.3, -0.25) is 0 Å². The van der Waals surface area contributed by atoms with Gasteiger partial charge < -0.3 is 4.74 Å². The fourth-order valence-electron chi connectivity index (χ4n) is 0.979. The van der Waals surface area contributed by atoms with Gasteiger partial charge in [-0.25, -0.2) is 4.79 Å². The van der Waals surface area contributed by atoms with Gasteiger partial charge >= 0.3 is 5.97 Å². The molecular formula is C10H9NO2. The lowest BCUT2D eigenvalue weighted by Crippen LogP contribution is -2.05. The van der Waals surface area contributed by atoms with Crippen molar-refractivity contribution in [3.63, 3.8) is 0 Å². The predicted molar refractivity (Wildman–Crippen MR) is 46.6 cm³/mol. The number of rotatable bonds is 2. The minimum Gasteiger partial charge on any atom is -0.447 e. The Labute approximate surface area is 76.6 Å². The van der Waals surface area contributed by atoms with Gasteiger partial charge in [-0.1, -0.05) is 30.3 Å². The monoisotopic (exact) mass is 175 g/mol. The van der Waals surface area contributed by atoms with Crippen molar-refractivity contribution < 1.29 is 9.53 Å². The van der Waals surface area contributed by atoms with Gasteiger partial charge in [-0.15, -0.1) is 0 Å². The maximum absolute atomic E-state index is 10.6. The number of ether oxygens (including phenoxy) is 1. The third-order valence-electron chi connectivity index (χ3n) is 1.64. The van der Waals surface area contributed by atoms with Crippen LogP contribution in [-0.2, 0) is 9.53 Å². The Kier molecular flexibility index (Phi) is 3.04. The average molecular weight is 175 g/mol. The number of nitriles is 1. The summed E-state index contributed by atoms with van der Waals surface area (Å²) in [6, 6.07) is 10.7. The van der Waals surface area contributed by atoms with Gasteiger partial charge in [0.15, 0.2) is 6.07 Å². The summed E-state index contributed by atoms with van der Waals surface area (Å²) >= 11 is 0. The lowest BCUT2D eigenvalue weighted by atomic mass is 10.1. The van der Waals surface area contributed by atoms with Gasteiger partial charge in [0.05, 0.1) is 0 Å². The number of carbonyl (C=O) groups is 1. The molecule has 1 rings (SSSR count). The fourth-order valence-corrected chi connectivity index (χ4v) is 0.979. The van der Waals surface area contributed by atoms with Gasteiger partial charge in [0, 0.05) is 0 Å². The molecule has 0 aliphatic rings. The number of carbonyl (C=O) groups excluding carboxylic acids is 1. The molecule has 0 aromatic heterocycles. The van der Waals surface area contributed by atoms with Crippen LogP contribution in [0.5, 0.6) is 0 Å². The van der Waals surface area contributed by atoms with Crippen LogP contribution in [0.1, 0.15) is 18.6 Å². The van der Waals surface area contributed by atoms with Crippen molar-refractivity contribution in [2.75, 3.05) is 0 Å². The van der Waals surface area contributed by atoms with Crippen molar-refractivity contribution in [3.8, 4) is 6.07 Å². The predicted octanol–water partition coefficient (Wildman–Crippen LogP) is 1.81. The van der Waals surface area contributed by atoms with Crippen LogP contribution in [0.2, 0.25) is 0 Å². The molecule has 0 amide bonds. The lowest BCUT2D eigenvalue weighted by Gasteiger charge is -2.09. The third kappa shape index (κ3) is 2.60. The zero-order valence-electron chi connectivity index (χ0n) is 7.23. The summed E-state index contributed by atoms with van der Waals surface area (Å²) in [6.07, 6.45) is -0.367. The Bertz CT molecular complexity index is 327. The van der Waals surface area contributed by atoms with E-state index in [1.165, 1.54) is 6.07 Å². The molecule has 0 aliphatic heterocycles. The Morgan fingerprint density at radius 3 is 2.62 bits per heavy atom. The van der Waals surface area contributed by atoms with E-state index in [-0.39, 0.29) is 6.10 Å². The van der Waals surface area contributed by atoms with Crippen molar-refractivity contribution in [2.24, 2.45) is 0 Å². The first-order valence-corrected chi connectivity index (χ1v) is 3.89. The number of esters is 1. The smallest absolute Gasteiger partial charge is 0.411 e. The molecule has 0 spiro atoms. The maximum Gasteiger partial charge on any atom is 0.411 e. The molecule has 0 fully saturated rings. The summed E-state index contributed by atoms with van der Waals surface area (Å²) in [7, 11) is 0. The first-order valence-electron chi connectivity index (χ1n) is 3.89. The summed E-state index contributed by atoms with van der Waals surface area (Å²) in [5, 5.41) is 8.21. The largest absolute Gasteiger partial charge is 0.447 e. The molecule has 1 aromatic carbocycles. The zero-order valence-corrected chi connectivity index (χ0v) is 7.23. The number of hydrogen-bond acceptors (Lipinski definition) is 3. The second kappa shape index (κ2) is 4.27. The number of nitrogens with zero attached hydrogens (tertiary/aromatic N) is 1. The molecule has 3 nitrogen and oxygen atoms in total. The summed E-state index contributed by atoms with van der Waals surface area (Å²) in [5.41, 5.74) is 0.881. The molecule has 0 radical (unpaired) electrons. The Morgan fingerprint density at radius 1 is 1.46 bits per heavy atom. The molecule has 13 heavy (non-hydrogen) atoms. The van der Waals surface area contributed by atoms with Gasteiger partial charge in [-0.2, -0.15) is 5.26 Å². The van der Waals surface area contributed by atoms with Crippen LogP contribution in [0.3, 0.4) is 0 Å². The van der Waals surface area contributed by atoms with Crippen LogP contribution in [0.15, 0.2) is 30.3 Å². The Hall–Kier alpha value is -1.82. The summed E-state index contributed by atoms with van der Waals surface area (Å²) < 4.78 is 4.79. The highest BCUT2D eigenvalue weighted by molar-refractivity contribution is 5.85. The topological polar surface area (TPSA) is 50.1 Å². The number of hydrogen-bond donors (Lipinski definition) is 0. The van der Waals surface area contributed by atoms with Crippen LogP contribution in [0, 0.1) is 11.3 Å². The molecule has 0 heterocycles. The van der Waals surface area contributed by atoms with Crippen molar-refractivity contribution >= 4 is 5.97 Å². The first kappa shape index (κ1) is 9.27. The minimum atomic E-state index is -0.851. The van der Waals surface area contributed by atoms with Gasteiger partial charge in [0.25, 0.3) is 0 Å². The van der Waals surface area contributed by atoms with E-state index in [0.717, 1.165) is 5.56 Å². The maximum atomic E-state index is 10.6. The second-order valence-corrected chi connectivity index (χ2v) is 2.57. The van der Waals surface area contributed by atoms with Crippen LogP contribution < -0.4 is 0 Å². The molecule has 1 aromatic rings. The molecule has 1 atom stereocenters. The van der Waals surface area contributed by atoms with Gasteiger partial charge in [0.2, 0.25) is 0 Å². The van der Waals surface area contributed by atoms with E-state index < -0.39 is 5.97 Å². The summed E-state index contributed by atoms with van der Waals surface area (Å²) in [4.78, 5) is 10.6.